The lowest BCUT2D eigenvalue weighted by atomic mass is 10.1. The Bertz CT molecular complexity index is 610. The van der Waals surface area contributed by atoms with E-state index < -0.39 is 0 Å². The van der Waals surface area contributed by atoms with Crippen molar-refractivity contribution in [2.24, 2.45) is 0 Å². The molecule has 0 amide bonds. The van der Waals surface area contributed by atoms with Crippen molar-refractivity contribution < 1.29 is 4.79 Å². The molecule has 3 nitrogen and oxygen atoms in total. The number of thiazole rings is 1. The number of Topliss-reactive ketones (excluding diaryl/α,β-unsaturated/α-hetero) is 1. The number of carbonyl (C=O) groups is 1. The maximum Gasteiger partial charge on any atom is 0.183 e. The van der Waals surface area contributed by atoms with Gasteiger partial charge in [-0.1, -0.05) is 40.6 Å². The highest BCUT2D eigenvalue weighted by atomic mass is 35.5. The van der Waals surface area contributed by atoms with Crippen LogP contribution in [0.25, 0.3) is 11.3 Å². The molecule has 0 spiro atoms. The number of ketones is 1. The fraction of sp³-hybridized carbons (Fsp3) is 0.167. The highest BCUT2D eigenvalue weighted by Crippen LogP contribution is 2.34. The van der Waals surface area contributed by atoms with Crippen molar-refractivity contribution in [1.82, 2.24) is 4.98 Å². The first kappa shape index (κ1) is 13.3. The minimum atomic E-state index is -0.0185. The van der Waals surface area contributed by atoms with Gasteiger partial charge < -0.3 is 5.32 Å². The van der Waals surface area contributed by atoms with Gasteiger partial charge in [0.1, 0.15) is 0 Å². The van der Waals surface area contributed by atoms with Crippen LogP contribution in [0.3, 0.4) is 0 Å². The minimum Gasteiger partial charge on any atom is -0.365 e. The molecule has 0 atom stereocenters. The van der Waals surface area contributed by atoms with Crippen LogP contribution in [-0.4, -0.2) is 17.8 Å². The summed E-state index contributed by atoms with van der Waals surface area (Å²) in [6, 6.07) is 5.21. The van der Waals surface area contributed by atoms with E-state index in [9.17, 15) is 4.79 Å². The van der Waals surface area contributed by atoms with E-state index in [-0.39, 0.29) is 5.78 Å². The predicted molar refractivity (Wildman–Crippen MR) is 77.1 cm³/mol. The van der Waals surface area contributed by atoms with Gasteiger partial charge in [-0.15, -0.1) is 0 Å². The van der Waals surface area contributed by atoms with E-state index in [4.69, 9.17) is 23.2 Å². The minimum absolute atomic E-state index is 0.0185. The van der Waals surface area contributed by atoms with Crippen LogP contribution in [0.2, 0.25) is 10.0 Å². The number of halogens is 2. The van der Waals surface area contributed by atoms with Crippen LogP contribution in [-0.2, 0) is 0 Å². The van der Waals surface area contributed by atoms with Gasteiger partial charge in [0.2, 0.25) is 0 Å². The Kier molecular flexibility index (Phi) is 3.90. The molecule has 1 N–H and O–H groups in total. The van der Waals surface area contributed by atoms with Crippen molar-refractivity contribution in [1.29, 1.82) is 0 Å². The molecule has 0 aliphatic rings. The molecule has 94 valence electrons. The maximum atomic E-state index is 11.6. The molecule has 0 saturated heterocycles. The fourth-order valence-corrected chi connectivity index (χ4v) is 2.64. The van der Waals surface area contributed by atoms with Crippen LogP contribution in [0.15, 0.2) is 18.2 Å². The van der Waals surface area contributed by atoms with Crippen LogP contribution < -0.4 is 5.32 Å². The van der Waals surface area contributed by atoms with Crippen molar-refractivity contribution in [2.45, 2.75) is 6.92 Å². The van der Waals surface area contributed by atoms with Gasteiger partial charge in [0.05, 0.1) is 20.6 Å². The molecule has 0 radical (unpaired) electrons. The Morgan fingerprint density at radius 1 is 1.33 bits per heavy atom. The molecule has 2 rings (SSSR count). The first-order valence-corrected chi connectivity index (χ1v) is 6.75. The summed E-state index contributed by atoms with van der Waals surface area (Å²) in [6.07, 6.45) is 0. The van der Waals surface area contributed by atoms with Gasteiger partial charge in [0.15, 0.2) is 10.9 Å². The first-order chi connectivity index (χ1) is 8.52. The summed E-state index contributed by atoms with van der Waals surface area (Å²) < 4.78 is 0. The summed E-state index contributed by atoms with van der Waals surface area (Å²) in [4.78, 5) is 16.6. The van der Waals surface area contributed by atoms with E-state index in [0.717, 1.165) is 5.56 Å². The third kappa shape index (κ3) is 2.51. The summed E-state index contributed by atoms with van der Waals surface area (Å²) in [5.41, 5.74) is 1.42. The van der Waals surface area contributed by atoms with Gasteiger partial charge in [-0.3, -0.25) is 4.79 Å². The number of nitrogens with zero attached hydrogens (tertiary/aromatic N) is 1. The zero-order chi connectivity index (χ0) is 13.3. The summed E-state index contributed by atoms with van der Waals surface area (Å²) >= 11 is 13.2. The number of hydrogen-bond donors (Lipinski definition) is 1. The van der Waals surface area contributed by atoms with Crippen LogP contribution in [0.5, 0.6) is 0 Å². The van der Waals surface area contributed by atoms with E-state index in [0.29, 0.717) is 25.7 Å². The standard InChI is InChI=1S/C12H10Cl2N2OS/c1-6(17)11-10(16-12(15-2)18-11)7-3-4-8(13)9(14)5-7/h3-5H,1-2H3,(H,15,16). The third-order valence-electron chi connectivity index (χ3n) is 2.35. The van der Waals surface area contributed by atoms with Crippen LogP contribution >= 0.6 is 34.5 Å². The van der Waals surface area contributed by atoms with E-state index in [1.807, 2.05) is 0 Å². The molecule has 0 saturated carbocycles. The quantitative estimate of drug-likeness (QED) is 0.856. The maximum absolute atomic E-state index is 11.6. The van der Waals surface area contributed by atoms with E-state index in [2.05, 4.69) is 10.3 Å². The van der Waals surface area contributed by atoms with Gasteiger partial charge in [-0.25, -0.2) is 4.98 Å². The van der Waals surface area contributed by atoms with Gasteiger partial charge in [0, 0.05) is 19.5 Å². The van der Waals surface area contributed by atoms with E-state index in [1.54, 1.807) is 25.2 Å². The Morgan fingerprint density at radius 3 is 2.61 bits per heavy atom. The molecule has 0 bridgehead atoms. The number of hydrogen-bond acceptors (Lipinski definition) is 4. The number of nitrogens with one attached hydrogen (secondary N) is 1. The number of anilines is 1. The number of rotatable bonds is 3. The lowest BCUT2D eigenvalue weighted by Gasteiger charge is -2.01. The number of aromatic nitrogens is 1. The molecule has 1 aromatic carbocycles. The molecule has 0 unspecified atom stereocenters. The van der Waals surface area contributed by atoms with Gasteiger partial charge in [-0.2, -0.15) is 0 Å². The Morgan fingerprint density at radius 2 is 2.06 bits per heavy atom. The highest BCUT2D eigenvalue weighted by molar-refractivity contribution is 7.18. The van der Waals surface area contributed by atoms with Crippen LogP contribution in [0.1, 0.15) is 16.6 Å². The fourth-order valence-electron chi connectivity index (χ4n) is 1.50. The molecular weight excluding hydrogens is 291 g/mol. The topological polar surface area (TPSA) is 42.0 Å². The second kappa shape index (κ2) is 5.26. The second-order valence-corrected chi connectivity index (χ2v) is 5.45. The van der Waals surface area contributed by atoms with E-state index in [1.165, 1.54) is 18.3 Å². The lowest BCUT2D eigenvalue weighted by molar-refractivity contribution is 0.102. The number of benzene rings is 1. The second-order valence-electron chi connectivity index (χ2n) is 3.63. The smallest absolute Gasteiger partial charge is 0.183 e. The van der Waals surface area contributed by atoms with E-state index >= 15 is 0 Å². The Balaban J connectivity index is 2.58. The zero-order valence-corrected chi connectivity index (χ0v) is 12.1. The molecule has 2 aromatic rings. The number of carbonyl (C=O) groups excluding carboxylic acids is 1. The van der Waals surface area contributed by atoms with Crippen molar-refractivity contribution in [3.63, 3.8) is 0 Å². The molecule has 1 aromatic heterocycles. The average molecular weight is 301 g/mol. The summed E-state index contributed by atoms with van der Waals surface area (Å²) in [5, 5.41) is 4.56. The van der Waals surface area contributed by atoms with Crippen molar-refractivity contribution in [2.75, 3.05) is 12.4 Å². The molecule has 0 aliphatic carbocycles. The average Bonchev–Trinajstić information content (AvgIpc) is 2.77. The highest BCUT2D eigenvalue weighted by Gasteiger charge is 2.16. The molecule has 0 aliphatic heterocycles. The lowest BCUT2D eigenvalue weighted by Crippen LogP contribution is -1.92. The molecule has 0 fully saturated rings. The van der Waals surface area contributed by atoms with Gasteiger partial charge in [-0.05, 0) is 12.1 Å². The first-order valence-electron chi connectivity index (χ1n) is 5.18. The van der Waals surface area contributed by atoms with Crippen molar-refractivity contribution in [3.8, 4) is 11.3 Å². The van der Waals surface area contributed by atoms with Crippen LogP contribution in [0.4, 0.5) is 5.13 Å². The van der Waals surface area contributed by atoms with Crippen molar-refractivity contribution in [3.05, 3.63) is 33.1 Å². The molecule has 18 heavy (non-hydrogen) atoms. The zero-order valence-electron chi connectivity index (χ0n) is 9.75. The SMILES string of the molecule is CNc1nc(-c2ccc(Cl)c(Cl)c2)c(C(C)=O)s1. The monoisotopic (exact) mass is 300 g/mol. The van der Waals surface area contributed by atoms with Crippen LogP contribution in [0, 0.1) is 0 Å². The molecular formula is C12H10Cl2N2OS. The molecule has 1 heterocycles. The summed E-state index contributed by atoms with van der Waals surface area (Å²) in [6.45, 7) is 1.52. The third-order valence-corrected chi connectivity index (χ3v) is 4.27. The summed E-state index contributed by atoms with van der Waals surface area (Å²) in [5.74, 6) is -0.0185. The predicted octanol–water partition coefficient (Wildman–Crippen LogP) is 4.36. The largest absolute Gasteiger partial charge is 0.365 e. The Hall–Kier alpha value is -1.10. The molecule has 6 heteroatoms. The normalized spacial score (nSPS) is 10.4. The Labute approximate surface area is 119 Å². The van der Waals surface area contributed by atoms with Gasteiger partial charge >= 0.3 is 0 Å². The van der Waals surface area contributed by atoms with Crippen molar-refractivity contribution >= 4 is 45.5 Å². The van der Waals surface area contributed by atoms with Gasteiger partial charge in [0.25, 0.3) is 0 Å². The summed E-state index contributed by atoms with van der Waals surface area (Å²) in [7, 11) is 1.77.